The van der Waals surface area contributed by atoms with Crippen molar-refractivity contribution in [3.8, 4) is 0 Å². The molecule has 0 spiro atoms. The second kappa shape index (κ2) is 6.83. The molecule has 10 heteroatoms. The van der Waals surface area contributed by atoms with Crippen molar-refractivity contribution in [1.29, 1.82) is 0 Å². The zero-order chi connectivity index (χ0) is 18.8. The molecule has 2 amide bonds. The largest absolute Gasteiger partial charge is 0.418 e. The first-order valence-corrected chi connectivity index (χ1v) is 6.96. The lowest BCUT2D eigenvalue weighted by molar-refractivity contribution is -0.138. The van der Waals surface area contributed by atoms with Crippen LogP contribution in [0.5, 0.6) is 0 Å². The summed E-state index contributed by atoms with van der Waals surface area (Å²) in [5.74, 6) is 0. The van der Waals surface area contributed by atoms with E-state index in [0.717, 1.165) is 36.4 Å². The lowest BCUT2D eigenvalue weighted by Crippen LogP contribution is -2.22. The minimum Gasteiger partial charge on any atom is -0.308 e. The average molecular weight is 383 g/mol. The quantitative estimate of drug-likeness (QED) is 0.612. The predicted molar refractivity (Wildman–Crippen MR) is 80.5 cm³/mol. The minimum absolute atomic E-state index is 0.0203. The van der Waals surface area contributed by atoms with Crippen molar-refractivity contribution >= 4 is 29.0 Å². The van der Waals surface area contributed by atoms with Crippen molar-refractivity contribution < 1.29 is 31.1 Å². The molecule has 0 aromatic heterocycles. The van der Waals surface area contributed by atoms with Crippen LogP contribution in [-0.2, 0) is 12.4 Å². The van der Waals surface area contributed by atoms with Crippen LogP contribution in [0.25, 0.3) is 0 Å². The third kappa shape index (κ3) is 5.02. The Labute approximate surface area is 142 Å². The van der Waals surface area contributed by atoms with Crippen LogP contribution in [0.4, 0.5) is 42.5 Å². The molecule has 134 valence electrons. The number of alkyl halides is 6. The number of rotatable bonds is 2. The first kappa shape index (κ1) is 18.9. The molecule has 0 saturated heterocycles. The van der Waals surface area contributed by atoms with E-state index in [0.29, 0.717) is 6.07 Å². The van der Waals surface area contributed by atoms with E-state index < -0.39 is 35.2 Å². The smallest absolute Gasteiger partial charge is 0.308 e. The normalized spacial score (nSPS) is 12.0. The molecule has 3 nitrogen and oxygen atoms in total. The molecule has 2 N–H and O–H groups in total. The van der Waals surface area contributed by atoms with Crippen LogP contribution >= 0.6 is 11.6 Å². The highest BCUT2D eigenvalue weighted by atomic mass is 35.5. The Bertz CT molecular complexity index is 771. The maximum Gasteiger partial charge on any atom is 0.418 e. The van der Waals surface area contributed by atoms with Gasteiger partial charge in [0.05, 0.1) is 16.8 Å². The molecule has 0 unspecified atom stereocenters. The fraction of sp³-hybridized carbons (Fsp3) is 0.133. The van der Waals surface area contributed by atoms with Gasteiger partial charge in [-0.2, -0.15) is 26.3 Å². The van der Waals surface area contributed by atoms with Crippen molar-refractivity contribution in [2.75, 3.05) is 10.6 Å². The molecular formula is C15H9ClF6N2O. The van der Waals surface area contributed by atoms with Gasteiger partial charge in [-0.15, -0.1) is 0 Å². The topological polar surface area (TPSA) is 41.1 Å². The van der Waals surface area contributed by atoms with Gasteiger partial charge < -0.3 is 10.6 Å². The first-order chi connectivity index (χ1) is 11.5. The maximum absolute atomic E-state index is 12.9. The third-order valence-corrected chi connectivity index (χ3v) is 3.24. The number of hydrogen-bond donors (Lipinski definition) is 2. The lowest BCUT2D eigenvalue weighted by Gasteiger charge is -2.15. The molecule has 2 aromatic carbocycles. The summed E-state index contributed by atoms with van der Waals surface area (Å²) in [5, 5.41) is 3.97. The number of carbonyl (C=O) groups excluding carboxylic acids is 1. The summed E-state index contributed by atoms with van der Waals surface area (Å²) in [6.45, 7) is 0. The Kier molecular flexibility index (Phi) is 5.17. The standard InChI is InChI=1S/C15H9ClF6N2O/c16-9-3-6-12(11(7-9)15(20,21)22)24-13(25)23-10-4-1-8(2-5-10)14(17,18)19/h1-7H,(H2,23,24,25). The molecular weight excluding hydrogens is 374 g/mol. The zero-order valence-electron chi connectivity index (χ0n) is 12.1. The lowest BCUT2D eigenvalue weighted by atomic mass is 10.1. The van der Waals surface area contributed by atoms with E-state index in [1.807, 2.05) is 5.32 Å². The van der Waals surface area contributed by atoms with Gasteiger partial charge in [0.2, 0.25) is 0 Å². The Morgan fingerprint density at radius 1 is 0.840 bits per heavy atom. The van der Waals surface area contributed by atoms with Crippen LogP contribution in [0.3, 0.4) is 0 Å². The predicted octanol–water partition coefficient (Wildman–Crippen LogP) is 6.02. The van der Waals surface area contributed by atoms with E-state index >= 15 is 0 Å². The summed E-state index contributed by atoms with van der Waals surface area (Å²) in [4.78, 5) is 11.8. The van der Waals surface area contributed by atoms with E-state index in [-0.39, 0.29) is 10.7 Å². The Morgan fingerprint density at radius 3 is 1.96 bits per heavy atom. The summed E-state index contributed by atoms with van der Waals surface area (Å²) in [6, 6.07) is 5.16. The molecule has 0 radical (unpaired) electrons. The molecule has 0 aliphatic heterocycles. The van der Waals surface area contributed by atoms with E-state index in [4.69, 9.17) is 11.6 Å². The number of benzene rings is 2. The molecule has 0 fully saturated rings. The number of anilines is 2. The average Bonchev–Trinajstić information content (AvgIpc) is 2.47. The fourth-order valence-corrected chi connectivity index (χ4v) is 2.06. The Hall–Kier alpha value is -2.42. The first-order valence-electron chi connectivity index (χ1n) is 6.59. The van der Waals surface area contributed by atoms with Crippen molar-refractivity contribution in [1.82, 2.24) is 0 Å². The van der Waals surface area contributed by atoms with Crippen molar-refractivity contribution in [2.45, 2.75) is 12.4 Å². The molecule has 0 saturated carbocycles. The van der Waals surface area contributed by atoms with Gasteiger partial charge in [0.15, 0.2) is 0 Å². The van der Waals surface area contributed by atoms with Gasteiger partial charge in [-0.05, 0) is 42.5 Å². The summed E-state index contributed by atoms with van der Waals surface area (Å²) < 4.78 is 76.1. The molecule has 0 atom stereocenters. The summed E-state index contributed by atoms with van der Waals surface area (Å²) >= 11 is 5.52. The van der Waals surface area contributed by atoms with Gasteiger partial charge >= 0.3 is 18.4 Å². The second-order valence-electron chi connectivity index (χ2n) is 4.84. The van der Waals surface area contributed by atoms with E-state index in [2.05, 4.69) is 5.32 Å². The van der Waals surface area contributed by atoms with E-state index in [1.54, 1.807) is 0 Å². The highest BCUT2D eigenvalue weighted by molar-refractivity contribution is 6.30. The fourth-order valence-electron chi connectivity index (χ4n) is 1.89. The third-order valence-electron chi connectivity index (χ3n) is 3.01. The molecule has 2 aromatic rings. The van der Waals surface area contributed by atoms with Gasteiger partial charge in [0.25, 0.3) is 0 Å². The SMILES string of the molecule is O=C(Nc1ccc(C(F)(F)F)cc1)Nc1ccc(Cl)cc1C(F)(F)F. The highest BCUT2D eigenvalue weighted by Gasteiger charge is 2.34. The highest BCUT2D eigenvalue weighted by Crippen LogP contribution is 2.36. The number of nitrogens with one attached hydrogen (secondary N) is 2. The van der Waals surface area contributed by atoms with Gasteiger partial charge in [-0.3, -0.25) is 0 Å². The number of amides is 2. The monoisotopic (exact) mass is 382 g/mol. The van der Waals surface area contributed by atoms with E-state index in [1.165, 1.54) is 0 Å². The molecule has 0 aliphatic carbocycles. The second-order valence-corrected chi connectivity index (χ2v) is 5.28. The Morgan fingerprint density at radius 2 is 1.44 bits per heavy atom. The van der Waals surface area contributed by atoms with Crippen molar-refractivity contribution in [3.63, 3.8) is 0 Å². The molecule has 0 bridgehead atoms. The summed E-state index contributed by atoms with van der Waals surface area (Å²) in [7, 11) is 0. The molecule has 25 heavy (non-hydrogen) atoms. The van der Waals surface area contributed by atoms with Gasteiger partial charge in [-0.25, -0.2) is 4.79 Å². The van der Waals surface area contributed by atoms with Crippen LogP contribution < -0.4 is 10.6 Å². The van der Waals surface area contributed by atoms with Crippen molar-refractivity contribution in [2.24, 2.45) is 0 Å². The van der Waals surface area contributed by atoms with Gasteiger partial charge in [0, 0.05) is 10.7 Å². The van der Waals surface area contributed by atoms with Crippen LogP contribution in [0.2, 0.25) is 5.02 Å². The van der Waals surface area contributed by atoms with Crippen LogP contribution in [-0.4, -0.2) is 6.03 Å². The number of carbonyl (C=O) groups is 1. The number of urea groups is 1. The van der Waals surface area contributed by atoms with Crippen LogP contribution in [0.15, 0.2) is 42.5 Å². The summed E-state index contributed by atoms with van der Waals surface area (Å²) in [6.07, 6.45) is -9.28. The Balaban J connectivity index is 2.13. The maximum atomic E-state index is 12.9. The van der Waals surface area contributed by atoms with Gasteiger partial charge in [0.1, 0.15) is 0 Å². The number of halogens is 7. The minimum atomic E-state index is -4.75. The van der Waals surface area contributed by atoms with Crippen LogP contribution in [0.1, 0.15) is 11.1 Å². The summed E-state index contributed by atoms with van der Waals surface area (Å²) in [5.41, 5.74) is -2.63. The zero-order valence-corrected chi connectivity index (χ0v) is 12.9. The van der Waals surface area contributed by atoms with Crippen LogP contribution in [0, 0.1) is 0 Å². The number of hydrogen-bond acceptors (Lipinski definition) is 1. The molecule has 0 heterocycles. The molecule has 0 aliphatic rings. The van der Waals surface area contributed by atoms with Gasteiger partial charge in [-0.1, -0.05) is 11.6 Å². The van der Waals surface area contributed by atoms with Crippen molar-refractivity contribution in [3.05, 3.63) is 58.6 Å². The molecule has 2 rings (SSSR count). The van der Waals surface area contributed by atoms with E-state index in [9.17, 15) is 31.1 Å².